The van der Waals surface area contributed by atoms with Crippen molar-refractivity contribution in [3.05, 3.63) is 24.0 Å². The standard InChI is InChI=1S/C8H6F3N3/c1-14-7-5(3-13-14)2-6(4-12-7)8(9,10)11/h2-4H,1H3. The molecule has 0 saturated carbocycles. The van der Waals surface area contributed by atoms with Gasteiger partial charge in [-0.1, -0.05) is 0 Å². The van der Waals surface area contributed by atoms with Crippen molar-refractivity contribution in [3.8, 4) is 0 Å². The van der Waals surface area contributed by atoms with Gasteiger partial charge in [0.2, 0.25) is 0 Å². The fourth-order valence-corrected chi connectivity index (χ4v) is 1.20. The Morgan fingerprint density at radius 2 is 2.00 bits per heavy atom. The number of rotatable bonds is 0. The molecule has 0 aliphatic rings. The Labute approximate surface area is 77.2 Å². The summed E-state index contributed by atoms with van der Waals surface area (Å²) in [6, 6.07) is 1.04. The van der Waals surface area contributed by atoms with Crippen molar-refractivity contribution in [1.29, 1.82) is 0 Å². The van der Waals surface area contributed by atoms with Gasteiger partial charge in [0.25, 0.3) is 0 Å². The molecule has 0 aromatic carbocycles. The number of aromatic nitrogens is 3. The topological polar surface area (TPSA) is 30.7 Å². The first kappa shape index (κ1) is 8.98. The summed E-state index contributed by atoms with van der Waals surface area (Å²) in [6.45, 7) is 0. The number of pyridine rings is 1. The fraction of sp³-hybridized carbons (Fsp3) is 0.250. The van der Waals surface area contributed by atoms with Crippen LogP contribution in [0.5, 0.6) is 0 Å². The van der Waals surface area contributed by atoms with Crippen LogP contribution in [-0.2, 0) is 13.2 Å². The Morgan fingerprint density at radius 3 is 2.64 bits per heavy atom. The highest BCUT2D eigenvalue weighted by Crippen LogP contribution is 2.30. The lowest BCUT2D eigenvalue weighted by molar-refractivity contribution is -0.137. The minimum absolute atomic E-state index is 0.391. The van der Waals surface area contributed by atoms with E-state index < -0.39 is 11.7 Å². The molecule has 0 unspecified atom stereocenters. The molecule has 2 aromatic heterocycles. The van der Waals surface area contributed by atoms with Crippen molar-refractivity contribution in [3.63, 3.8) is 0 Å². The predicted molar refractivity (Wildman–Crippen MR) is 43.5 cm³/mol. The molecule has 0 amide bonds. The van der Waals surface area contributed by atoms with Crippen LogP contribution in [0.3, 0.4) is 0 Å². The van der Waals surface area contributed by atoms with Crippen LogP contribution in [0.25, 0.3) is 11.0 Å². The quantitative estimate of drug-likeness (QED) is 0.652. The number of nitrogens with zero attached hydrogens (tertiary/aromatic N) is 3. The smallest absolute Gasteiger partial charge is 0.250 e. The Kier molecular flexibility index (Phi) is 1.73. The summed E-state index contributed by atoms with van der Waals surface area (Å²) in [6.07, 6.45) is -2.18. The summed E-state index contributed by atoms with van der Waals surface area (Å²) in [4.78, 5) is 3.69. The predicted octanol–water partition coefficient (Wildman–Crippen LogP) is 1.99. The molecule has 0 atom stereocenters. The number of alkyl halides is 3. The molecule has 74 valence electrons. The van der Waals surface area contributed by atoms with Gasteiger partial charge in [-0.15, -0.1) is 0 Å². The summed E-state index contributed by atoms with van der Waals surface area (Å²) in [7, 11) is 1.63. The van der Waals surface area contributed by atoms with E-state index >= 15 is 0 Å². The molecular formula is C8H6F3N3. The maximum atomic E-state index is 12.3. The van der Waals surface area contributed by atoms with E-state index in [1.54, 1.807) is 7.05 Å². The Balaban J connectivity index is 2.63. The highest BCUT2D eigenvalue weighted by molar-refractivity contribution is 5.74. The summed E-state index contributed by atoms with van der Waals surface area (Å²) < 4.78 is 38.2. The van der Waals surface area contributed by atoms with E-state index in [9.17, 15) is 13.2 Å². The first-order chi connectivity index (χ1) is 6.48. The van der Waals surface area contributed by atoms with Gasteiger partial charge >= 0.3 is 6.18 Å². The van der Waals surface area contributed by atoms with Crippen LogP contribution >= 0.6 is 0 Å². The van der Waals surface area contributed by atoms with Crippen LogP contribution < -0.4 is 0 Å². The molecule has 0 fully saturated rings. The van der Waals surface area contributed by atoms with E-state index in [1.807, 2.05) is 0 Å². The van der Waals surface area contributed by atoms with Crippen LogP contribution in [0.15, 0.2) is 18.5 Å². The zero-order valence-electron chi connectivity index (χ0n) is 7.21. The van der Waals surface area contributed by atoms with E-state index in [0.717, 1.165) is 12.3 Å². The fourth-order valence-electron chi connectivity index (χ4n) is 1.20. The van der Waals surface area contributed by atoms with E-state index in [1.165, 1.54) is 10.9 Å². The van der Waals surface area contributed by atoms with Crippen LogP contribution in [0.4, 0.5) is 13.2 Å². The lowest BCUT2D eigenvalue weighted by atomic mass is 10.2. The number of fused-ring (bicyclic) bond motifs is 1. The molecule has 0 radical (unpaired) electrons. The maximum absolute atomic E-state index is 12.3. The average molecular weight is 201 g/mol. The monoisotopic (exact) mass is 201 g/mol. The SMILES string of the molecule is Cn1ncc2cc(C(F)(F)F)cnc21. The first-order valence-corrected chi connectivity index (χ1v) is 3.83. The Hall–Kier alpha value is -1.59. The van der Waals surface area contributed by atoms with Crippen LogP contribution in [0.2, 0.25) is 0 Å². The minimum Gasteiger partial charge on any atom is -0.250 e. The highest BCUT2D eigenvalue weighted by atomic mass is 19.4. The molecular weight excluding hydrogens is 195 g/mol. The van der Waals surface area contributed by atoms with Gasteiger partial charge in [-0.05, 0) is 6.07 Å². The lowest BCUT2D eigenvalue weighted by Gasteiger charge is -2.05. The van der Waals surface area contributed by atoms with Gasteiger partial charge in [-0.2, -0.15) is 18.3 Å². The molecule has 6 heteroatoms. The second-order valence-electron chi connectivity index (χ2n) is 2.90. The third-order valence-corrected chi connectivity index (χ3v) is 1.90. The van der Waals surface area contributed by atoms with E-state index in [2.05, 4.69) is 10.1 Å². The Morgan fingerprint density at radius 1 is 1.29 bits per heavy atom. The van der Waals surface area contributed by atoms with Crippen LogP contribution in [-0.4, -0.2) is 14.8 Å². The number of hydrogen-bond donors (Lipinski definition) is 0. The summed E-state index contributed by atoms with van der Waals surface area (Å²) in [5, 5.41) is 4.20. The van der Waals surface area contributed by atoms with Gasteiger partial charge in [0, 0.05) is 18.6 Å². The Bertz CT molecular complexity index is 472. The normalized spacial score (nSPS) is 12.3. The average Bonchev–Trinajstić information content (AvgIpc) is 2.46. The van der Waals surface area contributed by atoms with E-state index in [0.29, 0.717) is 11.0 Å². The van der Waals surface area contributed by atoms with E-state index in [-0.39, 0.29) is 0 Å². The van der Waals surface area contributed by atoms with Gasteiger partial charge in [-0.3, -0.25) is 4.68 Å². The molecule has 0 aliphatic heterocycles. The molecule has 3 nitrogen and oxygen atoms in total. The number of aryl methyl sites for hydroxylation is 1. The summed E-state index contributed by atoms with van der Waals surface area (Å²) >= 11 is 0. The molecule has 2 heterocycles. The zero-order valence-corrected chi connectivity index (χ0v) is 7.21. The van der Waals surface area contributed by atoms with Gasteiger partial charge in [0.1, 0.15) is 0 Å². The number of halogens is 3. The van der Waals surface area contributed by atoms with Gasteiger partial charge < -0.3 is 0 Å². The highest BCUT2D eigenvalue weighted by Gasteiger charge is 2.31. The molecule has 0 spiro atoms. The lowest BCUT2D eigenvalue weighted by Crippen LogP contribution is -2.05. The maximum Gasteiger partial charge on any atom is 0.417 e. The molecule has 2 rings (SSSR count). The molecule has 0 aliphatic carbocycles. The zero-order chi connectivity index (χ0) is 10.3. The van der Waals surface area contributed by atoms with Gasteiger partial charge in [0.05, 0.1) is 11.8 Å². The second kappa shape index (κ2) is 2.70. The van der Waals surface area contributed by atoms with Crippen molar-refractivity contribution in [2.24, 2.45) is 7.05 Å². The second-order valence-corrected chi connectivity index (χ2v) is 2.90. The minimum atomic E-state index is -4.35. The van der Waals surface area contributed by atoms with Crippen molar-refractivity contribution < 1.29 is 13.2 Å². The largest absolute Gasteiger partial charge is 0.417 e. The van der Waals surface area contributed by atoms with Crippen LogP contribution in [0, 0.1) is 0 Å². The summed E-state index contributed by atoms with van der Waals surface area (Å²) in [5.74, 6) is 0. The number of hydrogen-bond acceptors (Lipinski definition) is 2. The van der Waals surface area contributed by atoms with Crippen molar-refractivity contribution in [2.45, 2.75) is 6.18 Å². The van der Waals surface area contributed by atoms with Crippen molar-refractivity contribution >= 4 is 11.0 Å². The first-order valence-electron chi connectivity index (χ1n) is 3.83. The van der Waals surface area contributed by atoms with Crippen molar-refractivity contribution in [2.75, 3.05) is 0 Å². The van der Waals surface area contributed by atoms with Gasteiger partial charge in [0.15, 0.2) is 5.65 Å². The molecule has 2 aromatic rings. The molecule has 0 saturated heterocycles. The van der Waals surface area contributed by atoms with E-state index in [4.69, 9.17) is 0 Å². The van der Waals surface area contributed by atoms with Crippen LogP contribution in [0.1, 0.15) is 5.56 Å². The molecule has 14 heavy (non-hydrogen) atoms. The third kappa shape index (κ3) is 1.32. The van der Waals surface area contributed by atoms with Crippen molar-refractivity contribution in [1.82, 2.24) is 14.8 Å². The molecule has 0 bridgehead atoms. The van der Waals surface area contributed by atoms with Gasteiger partial charge in [-0.25, -0.2) is 4.98 Å². The summed E-state index contributed by atoms with van der Waals surface area (Å²) in [5.41, 5.74) is -0.309. The third-order valence-electron chi connectivity index (χ3n) is 1.90. The molecule has 0 N–H and O–H groups in total.